The second kappa shape index (κ2) is 10.4. The summed E-state index contributed by atoms with van der Waals surface area (Å²) in [4.78, 5) is 29.6. The third kappa shape index (κ3) is 4.80. The molecule has 0 spiro atoms. The Labute approximate surface area is 194 Å². The van der Waals surface area contributed by atoms with Crippen molar-refractivity contribution in [3.63, 3.8) is 0 Å². The lowest BCUT2D eigenvalue weighted by molar-refractivity contribution is -0.140. The average molecular weight is 455 g/mol. The van der Waals surface area contributed by atoms with E-state index in [-0.39, 0.29) is 11.3 Å². The molecule has 2 aromatic carbocycles. The topological polar surface area (TPSA) is 88.5 Å². The van der Waals surface area contributed by atoms with Crippen molar-refractivity contribution in [2.24, 2.45) is 0 Å². The number of ether oxygens (including phenoxy) is 3. The maximum atomic E-state index is 13.2. The van der Waals surface area contributed by atoms with Crippen LogP contribution in [0.4, 0.5) is 0 Å². The highest BCUT2D eigenvalue weighted by atomic mass is 16.5. The summed E-state index contributed by atoms with van der Waals surface area (Å²) in [5, 5.41) is 11.2. The van der Waals surface area contributed by atoms with Gasteiger partial charge < -0.3 is 29.1 Å². The minimum absolute atomic E-state index is 0.00877. The van der Waals surface area contributed by atoms with E-state index in [1.54, 1.807) is 42.5 Å². The quantitative estimate of drug-likeness (QED) is 0.354. The monoisotopic (exact) mass is 454 g/mol. The zero-order valence-corrected chi connectivity index (χ0v) is 19.6. The molecule has 8 nitrogen and oxygen atoms in total. The molecule has 1 saturated heterocycles. The lowest BCUT2D eigenvalue weighted by atomic mass is 9.94. The van der Waals surface area contributed by atoms with Crippen molar-refractivity contribution >= 4 is 17.4 Å². The molecule has 0 aromatic heterocycles. The van der Waals surface area contributed by atoms with E-state index in [1.165, 1.54) is 19.1 Å². The molecule has 33 heavy (non-hydrogen) atoms. The van der Waals surface area contributed by atoms with Gasteiger partial charge in [-0.25, -0.2) is 0 Å². The molecule has 1 heterocycles. The van der Waals surface area contributed by atoms with E-state index < -0.39 is 17.7 Å². The Kier molecular flexibility index (Phi) is 7.60. The van der Waals surface area contributed by atoms with Crippen molar-refractivity contribution in [2.75, 3.05) is 48.0 Å². The highest BCUT2D eigenvalue weighted by Crippen LogP contribution is 2.45. The molecule has 8 heteroatoms. The Hall–Kier alpha value is -3.52. The van der Waals surface area contributed by atoms with Gasteiger partial charge >= 0.3 is 0 Å². The van der Waals surface area contributed by atoms with Gasteiger partial charge in [0.05, 0.1) is 32.4 Å². The van der Waals surface area contributed by atoms with Gasteiger partial charge in [-0.2, -0.15) is 0 Å². The largest absolute Gasteiger partial charge is 0.507 e. The van der Waals surface area contributed by atoms with Crippen LogP contribution < -0.4 is 14.2 Å². The van der Waals surface area contributed by atoms with Gasteiger partial charge in [-0.1, -0.05) is 12.1 Å². The van der Waals surface area contributed by atoms with Crippen molar-refractivity contribution in [3.8, 4) is 17.2 Å². The van der Waals surface area contributed by atoms with Crippen LogP contribution in [-0.4, -0.2) is 74.6 Å². The number of amides is 1. The number of aliphatic hydroxyl groups is 1. The SMILES string of the molecule is CCOc1ccc(C(O)=C2C(=O)C(=O)N(CCN(C)C)[C@H]2c2cccc(OC)c2OC)cc1. The summed E-state index contributed by atoms with van der Waals surface area (Å²) in [5.41, 5.74) is 0.979. The molecule has 0 saturated carbocycles. The summed E-state index contributed by atoms with van der Waals surface area (Å²) < 4.78 is 16.5. The summed E-state index contributed by atoms with van der Waals surface area (Å²) in [6.45, 7) is 3.23. The molecule has 3 rings (SSSR count). The number of likely N-dealkylation sites (tertiary alicyclic amines) is 1. The summed E-state index contributed by atoms with van der Waals surface area (Å²) in [5.74, 6) is -0.145. The second-order valence-corrected chi connectivity index (χ2v) is 7.84. The van der Waals surface area contributed by atoms with Crippen molar-refractivity contribution in [1.29, 1.82) is 0 Å². The van der Waals surface area contributed by atoms with Crippen LogP contribution in [0.25, 0.3) is 5.76 Å². The Morgan fingerprint density at radius 3 is 2.33 bits per heavy atom. The Bertz CT molecular complexity index is 1050. The summed E-state index contributed by atoms with van der Waals surface area (Å²) >= 11 is 0. The third-order valence-corrected chi connectivity index (χ3v) is 5.49. The molecule has 176 valence electrons. The molecular weight excluding hydrogens is 424 g/mol. The first-order valence-electron chi connectivity index (χ1n) is 10.7. The van der Waals surface area contributed by atoms with Gasteiger partial charge in [0.1, 0.15) is 11.5 Å². The van der Waals surface area contributed by atoms with E-state index in [0.29, 0.717) is 48.1 Å². The number of methoxy groups -OCH3 is 2. The first kappa shape index (κ1) is 24.1. The van der Waals surface area contributed by atoms with Gasteiger partial charge in [0.15, 0.2) is 11.5 Å². The summed E-state index contributed by atoms with van der Waals surface area (Å²) in [6.07, 6.45) is 0. The third-order valence-electron chi connectivity index (χ3n) is 5.49. The number of rotatable bonds is 9. The number of hydrogen-bond donors (Lipinski definition) is 1. The van der Waals surface area contributed by atoms with E-state index >= 15 is 0 Å². The Balaban J connectivity index is 2.19. The predicted octanol–water partition coefficient (Wildman–Crippen LogP) is 3.09. The molecule has 1 atom stereocenters. The number of ketones is 1. The van der Waals surface area contributed by atoms with E-state index in [0.717, 1.165) is 0 Å². The molecule has 1 aliphatic heterocycles. The first-order chi connectivity index (χ1) is 15.8. The number of aliphatic hydroxyl groups excluding tert-OH is 1. The van der Waals surface area contributed by atoms with Crippen molar-refractivity contribution in [3.05, 3.63) is 59.2 Å². The summed E-state index contributed by atoms with van der Waals surface area (Å²) in [6, 6.07) is 11.2. The fraction of sp³-hybridized carbons (Fsp3) is 0.360. The van der Waals surface area contributed by atoms with Crippen molar-refractivity contribution in [1.82, 2.24) is 9.80 Å². The number of likely N-dealkylation sites (N-methyl/N-ethyl adjacent to an activating group) is 1. The van der Waals surface area contributed by atoms with E-state index in [1.807, 2.05) is 25.9 Å². The van der Waals surface area contributed by atoms with E-state index in [4.69, 9.17) is 14.2 Å². The molecule has 1 amide bonds. The van der Waals surface area contributed by atoms with Crippen LogP contribution in [0.2, 0.25) is 0 Å². The predicted molar refractivity (Wildman–Crippen MR) is 125 cm³/mol. The van der Waals surface area contributed by atoms with Gasteiger partial charge in [-0.15, -0.1) is 0 Å². The molecule has 1 N–H and O–H groups in total. The number of nitrogens with zero attached hydrogens (tertiary/aromatic N) is 2. The van der Waals surface area contributed by atoms with Crippen LogP contribution in [-0.2, 0) is 9.59 Å². The smallest absolute Gasteiger partial charge is 0.295 e. The number of para-hydroxylation sites is 1. The second-order valence-electron chi connectivity index (χ2n) is 7.84. The molecule has 0 unspecified atom stereocenters. The number of benzene rings is 2. The standard InChI is InChI=1S/C25H30N2O6/c1-6-33-17-12-10-16(11-13-17)22(28)20-21(18-8-7-9-19(31-4)24(18)32-5)27(15-14-26(2)3)25(30)23(20)29/h7-13,21,28H,6,14-15H2,1-5H3/t21-/m0/s1. The highest BCUT2D eigenvalue weighted by molar-refractivity contribution is 6.46. The van der Waals surface area contributed by atoms with Crippen LogP contribution in [0.15, 0.2) is 48.0 Å². The van der Waals surface area contributed by atoms with Gasteiger partial charge in [-0.3, -0.25) is 9.59 Å². The lowest BCUT2D eigenvalue weighted by Gasteiger charge is -2.28. The fourth-order valence-corrected chi connectivity index (χ4v) is 3.90. The Morgan fingerprint density at radius 1 is 1.06 bits per heavy atom. The minimum atomic E-state index is -0.832. The molecule has 1 aliphatic rings. The molecule has 0 aliphatic carbocycles. The molecule has 2 aromatic rings. The van der Waals surface area contributed by atoms with E-state index in [2.05, 4.69) is 0 Å². The average Bonchev–Trinajstić information content (AvgIpc) is 3.06. The van der Waals surface area contributed by atoms with Crippen LogP contribution in [0, 0.1) is 0 Å². The molecule has 1 fully saturated rings. The normalized spacial score (nSPS) is 17.5. The highest BCUT2D eigenvalue weighted by Gasteiger charge is 2.47. The summed E-state index contributed by atoms with van der Waals surface area (Å²) in [7, 11) is 6.79. The van der Waals surface area contributed by atoms with Crippen LogP contribution in [0.3, 0.4) is 0 Å². The van der Waals surface area contributed by atoms with Gasteiger partial charge in [0, 0.05) is 24.2 Å². The lowest BCUT2D eigenvalue weighted by Crippen LogP contribution is -2.35. The zero-order chi connectivity index (χ0) is 24.1. The van der Waals surface area contributed by atoms with Gasteiger partial charge in [-0.05, 0) is 51.4 Å². The Morgan fingerprint density at radius 2 is 1.76 bits per heavy atom. The number of carbonyl (C=O) groups excluding carboxylic acids is 2. The zero-order valence-electron chi connectivity index (χ0n) is 19.6. The molecule has 0 radical (unpaired) electrons. The number of Topliss-reactive ketones (excluding diaryl/α,β-unsaturated/α-hetero) is 1. The molecule has 0 bridgehead atoms. The van der Waals surface area contributed by atoms with Crippen molar-refractivity contribution < 1.29 is 28.9 Å². The maximum absolute atomic E-state index is 13.2. The van der Waals surface area contributed by atoms with Crippen molar-refractivity contribution in [2.45, 2.75) is 13.0 Å². The minimum Gasteiger partial charge on any atom is -0.507 e. The first-order valence-corrected chi connectivity index (χ1v) is 10.7. The van der Waals surface area contributed by atoms with Crippen LogP contribution in [0.1, 0.15) is 24.1 Å². The van der Waals surface area contributed by atoms with E-state index in [9.17, 15) is 14.7 Å². The number of hydrogen-bond acceptors (Lipinski definition) is 7. The fourth-order valence-electron chi connectivity index (χ4n) is 3.90. The molecular formula is C25H30N2O6. The van der Waals surface area contributed by atoms with Crippen LogP contribution >= 0.6 is 0 Å². The van der Waals surface area contributed by atoms with Gasteiger partial charge in [0.2, 0.25) is 0 Å². The van der Waals surface area contributed by atoms with Crippen LogP contribution in [0.5, 0.6) is 17.2 Å². The van der Waals surface area contributed by atoms with Gasteiger partial charge in [0.25, 0.3) is 11.7 Å². The maximum Gasteiger partial charge on any atom is 0.295 e. The number of carbonyl (C=O) groups is 2.